The van der Waals surface area contributed by atoms with Crippen LogP contribution in [0, 0.1) is 0 Å². The highest BCUT2D eigenvalue weighted by atomic mass is 16.6. The minimum Gasteiger partial charge on any atom is -0.451 e. The fraction of sp³-hybridized carbons (Fsp3) is 0.286. The first-order valence-corrected chi connectivity index (χ1v) is 5.48. The summed E-state index contributed by atoms with van der Waals surface area (Å²) in [6.45, 7) is 4.98. The first-order valence-electron chi connectivity index (χ1n) is 5.48. The molecule has 1 aliphatic rings. The van der Waals surface area contributed by atoms with Gasteiger partial charge in [-0.2, -0.15) is 0 Å². The zero-order chi connectivity index (χ0) is 12.6. The van der Waals surface area contributed by atoms with Crippen molar-refractivity contribution < 1.29 is 14.3 Å². The van der Waals surface area contributed by atoms with Gasteiger partial charge in [0.1, 0.15) is 11.2 Å². The van der Waals surface area contributed by atoms with Crippen LogP contribution >= 0.6 is 0 Å². The van der Waals surface area contributed by atoms with Gasteiger partial charge >= 0.3 is 5.97 Å². The summed E-state index contributed by atoms with van der Waals surface area (Å²) in [6.07, 6.45) is 0. The Bertz CT molecular complexity index is 510. The van der Waals surface area contributed by atoms with E-state index in [0.717, 1.165) is 5.56 Å². The molecule has 0 radical (unpaired) electrons. The molecule has 0 N–H and O–H groups in total. The van der Waals surface area contributed by atoms with Crippen LogP contribution in [0.1, 0.15) is 26.3 Å². The van der Waals surface area contributed by atoms with Gasteiger partial charge in [0.2, 0.25) is 0 Å². The molecule has 2 rings (SSSR count). The minimum atomic E-state index is -0.751. The van der Waals surface area contributed by atoms with E-state index in [1.54, 1.807) is 13.8 Å². The van der Waals surface area contributed by atoms with E-state index in [9.17, 15) is 9.59 Å². The standard InChI is InChI=1S/C14H14O3/c1-9(15)11-12(10-7-5-4-6-8-10)14(2,3)17-13(11)16/h4-8H,1-3H3. The van der Waals surface area contributed by atoms with Crippen LogP contribution in [0.25, 0.3) is 5.57 Å². The smallest absolute Gasteiger partial charge is 0.343 e. The van der Waals surface area contributed by atoms with Crippen molar-refractivity contribution in [1.82, 2.24) is 0 Å². The second kappa shape index (κ2) is 3.84. The number of hydrogen-bond donors (Lipinski definition) is 0. The molecule has 1 aromatic rings. The van der Waals surface area contributed by atoms with E-state index in [2.05, 4.69) is 0 Å². The Morgan fingerprint density at radius 2 is 1.76 bits per heavy atom. The van der Waals surface area contributed by atoms with Crippen molar-refractivity contribution in [2.24, 2.45) is 0 Å². The maximum atomic E-state index is 11.7. The first-order chi connectivity index (χ1) is 7.93. The lowest BCUT2D eigenvalue weighted by atomic mass is 9.88. The normalized spacial score (nSPS) is 18.2. The third-order valence-corrected chi connectivity index (χ3v) is 2.82. The lowest BCUT2D eigenvalue weighted by Gasteiger charge is -2.21. The Labute approximate surface area is 100 Å². The van der Waals surface area contributed by atoms with Crippen molar-refractivity contribution >= 4 is 17.3 Å². The molecule has 0 saturated heterocycles. The van der Waals surface area contributed by atoms with Gasteiger partial charge in [-0.05, 0) is 26.3 Å². The van der Waals surface area contributed by atoms with Crippen LogP contribution in [0.15, 0.2) is 35.9 Å². The summed E-state index contributed by atoms with van der Waals surface area (Å²) in [7, 11) is 0. The van der Waals surface area contributed by atoms with Crippen LogP contribution in [0.3, 0.4) is 0 Å². The third kappa shape index (κ3) is 1.88. The average molecular weight is 230 g/mol. The van der Waals surface area contributed by atoms with Crippen molar-refractivity contribution in [3.05, 3.63) is 41.5 Å². The molecule has 0 unspecified atom stereocenters. The second-order valence-electron chi connectivity index (χ2n) is 4.57. The van der Waals surface area contributed by atoms with Gasteiger partial charge in [-0.25, -0.2) is 4.79 Å². The summed E-state index contributed by atoms with van der Waals surface area (Å²) in [5, 5.41) is 0. The predicted molar refractivity (Wildman–Crippen MR) is 64.2 cm³/mol. The number of Topliss-reactive ketones (excluding diaryl/α,β-unsaturated/α-hetero) is 1. The highest BCUT2D eigenvalue weighted by molar-refractivity contribution is 6.25. The Morgan fingerprint density at radius 1 is 1.18 bits per heavy atom. The van der Waals surface area contributed by atoms with Gasteiger partial charge in [-0.15, -0.1) is 0 Å². The van der Waals surface area contributed by atoms with Crippen LogP contribution in [0.5, 0.6) is 0 Å². The number of ether oxygens (including phenoxy) is 1. The molecule has 0 spiro atoms. The van der Waals surface area contributed by atoms with Crippen LogP contribution in [-0.4, -0.2) is 17.4 Å². The summed E-state index contributed by atoms with van der Waals surface area (Å²) >= 11 is 0. The van der Waals surface area contributed by atoms with E-state index >= 15 is 0 Å². The van der Waals surface area contributed by atoms with Gasteiger partial charge in [0.15, 0.2) is 5.78 Å². The SMILES string of the molecule is CC(=O)C1=C(c2ccccc2)C(C)(C)OC1=O. The summed E-state index contributed by atoms with van der Waals surface area (Å²) in [6, 6.07) is 9.39. The van der Waals surface area contributed by atoms with Gasteiger partial charge in [-0.1, -0.05) is 30.3 Å². The highest BCUT2D eigenvalue weighted by Crippen LogP contribution is 2.39. The van der Waals surface area contributed by atoms with Crippen molar-refractivity contribution in [1.29, 1.82) is 0 Å². The lowest BCUT2D eigenvalue weighted by Crippen LogP contribution is -2.22. The molecule has 1 aromatic carbocycles. The second-order valence-corrected chi connectivity index (χ2v) is 4.57. The van der Waals surface area contributed by atoms with E-state index in [-0.39, 0.29) is 11.4 Å². The number of ketones is 1. The van der Waals surface area contributed by atoms with Crippen molar-refractivity contribution in [2.75, 3.05) is 0 Å². The number of esters is 1. The summed E-state index contributed by atoms with van der Waals surface area (Å²) in [4.78, 5) is 23.3. The quantitative estimate of drug-likeness (QED) is 0.578. The fourth-order valence-electron chi connectivity index (χ4n) is 2.15. The van der Waals surface area contributed by atoms with E-state index < -0.39 is 11.6 Å². The van der Waals surface area contributed by atoms with E-state index in [1.807, 2.05) is 30.3 Å². The Hall–Kier alpha value is -1.90. The first kappa shape index (κ1) is 11.6. The zero-order valence-corrected chi connectivity index (χ0v) is 10.1. The molecule has 0 atom stereocenters. The number of benzene rings is 1. The molecule has 0 fully saturated rings. The van der Waals surface area contributed by atoms with Gasteiger partial charge < -0.3 is 4.74 Å². The van der Waals surface area contributed by atoms with Gasteiger partial charge in [0, 0.05) is 5.57 Å². The molecule has 0 aliphatic carbocycles. The minimum absolute atomic E-state index is 0.168. The Kier molecular flexibility index (Phi) is 2.62. The molecule has 1 heterocycles. The Morgan fingerprint density at radius 3 is 2.29 bits per heavy atom. The van der Waals surface area contributed by atoms with Crippen LogP contribution in [0.2, 0.25) is 0 Å². The fourth-order valence-corrected chi connectivity index (χ4v) is 2.15. The molecule has 88 valence electrons. The average Bonchev–Trinajstić information content (AvgIpc) is 2.49. The zero-order valence-electron chi connectivity index (χ0n) is 10.1. The molecule has 3 heteroatoms. The number of carbonyl (C=O) groups excluding carboxylic acids is 2. The number of hydrogen-bond acceptors (Lipinski definition) is 3. The predicted octanol–water partition coefficient (Wildman–Crippen LogP) is 2.36. The van der Waals surface area contributed by atoms with Crippen LogP contribution in [-0.2, 0) is 14.3 Å². The van der Waals surface area contributed by atoms with E-state index in [4.69, 9.17) is 4.74 Å². The van der Waals surface area contributed by atoms with Gasteiger partial charge in [0.25, 0.3) is 0 Å². The largest absolute Gasteiger partial charge is 0.451 e. The maximum Gasteiger partial charge on any atom is 0.343 e. The molecular formula is C14H14O3. The monoisotopic (exact) mass is 230 g/mol. The van der Waals surface area contributed by atoms with Crippen molar-refractivity contribution in [3.8, 4) is 0 Å². The summed E-state index contributed by atoms with van der Waals surface area (Å²) in [5.41, 5.74) is 0.949. The lowest BCUT2D eigenvalue weighted by molar-refractivity contribution is -0.144. The highest BCUT2D eigenvalue weighted by Gasteiger charge is 2.42. The Balaban J connectivity index is 2.68. The topological polar surface area (TPSA) is 43.4 Å². The van der Waals surface area contributed by atoms with Crippen LogP contribution in [0.4, 0.5) is 0 Å². The number of rotatable bonds is 2. The summed E-state index contributed by atoms with van der Waals surface area (Å²) < 4.78 is 5.26. The van der Waals surface area contributed by atoms with E-state index in [1.165, 1.54) is 6.92 Å². The molecule has 0 amide bonds. The van der Waals surface area contributed by atoms with Crippen molar-refractivity contribution in [2.45, 2.75) is 26.4 Å². The van der Waals surface area contributed by atoms with Gasteiger partial charge in [0.05, 0.1) is 0 Å². The number of cyclic esters (lactones) is 1. The molecule has 0 saturated carbocycles. The third-order valence-electron chi connectivity index (χ3n) is 2.82. The van der Waals surface area contributed by atoms with Crippen LogP contribution < -0.4 is 0 Å². The van der Waals surface area contributed by atoms with Gasteiger partial charge in [-0.3, -0.25) is 4.79 Å². The molecule has 0 aromatic heterocycles. The van der Waals surface area contributed by atoms with E-state index in [0.29, 0.717) is 5.57 Å². The number of carbonyl (C=O) groups is 2. The molecular weight excluding hydrogens is 216 g/mol. The molecule has 1 aliphatic heterocycles. The van der Waals surface area contributed by atoms with Crippen molar-refractivity contribution in [3.63, 3.8) is 0 Å². The maximum absolute atomic E-state index is 11.7. The molecule has 17 heavy (non-hydrogen) atoms. The summed E-state index contributed by atoms with van der Waals surface area (Å²) in [5.74, 6) is -0.777. The molecule has 3 nitrogen and oxygen atoms in total. The molecule has 0 bridgehead atoms.